The summed E-state index contributed by atoms with van der Waals surface area (Å²) >= 11 is 0. The number of hydrogen-bond donors (Lipinski definition) is 3. The van der Waals surface area contributed by atoms with Gasteiger partial charge in [0.25, 0.3) is 0 Å². The van der Waals surface area contributed by atoms with Crippen LogP contribution in [0.5, 0.6) is 5.75 Å². The van der Waals surface area contributed by atoms with Crippen LogP contribution in [0.4, 0.5) is 4.79 Å². The van der Waals surface area contributed by atoms with Crippen LogP contribution in [0, 0.1) is 12.8 Å². The Labute approximate surface area is 185 Å². The van der Waals surface area contributed by atoms with E-state index in [0.717, 1.165) is 24.3 Å². The summed E-state index contributed by atoms with van der Waals surface area (Å²) in [6.07, 6.45) is 9.80. The Morgan fingerprint density at radius 3 is 2.55 bits per heavy atom. The summed E-state index contributed by atoms with van der Waals surface area (Å²) in [4.78, 5) is 16.5. The van der Waals surface area contributed by atoms with Crippen LogP contribution in [0.15, 0.2) is 17.8 Å². The number of pyridine rings is 1. The molecule has 2 saturated carbocycles. The molecule has 0 unspecified atom stereocenters. The lowest BCUT2D eigenvalue weighted by molar-refractivity contribution is 0.140. The van der Waals surface area contributed by atoms with Gasteiger partial charge < -0.3 is 25.5 Å². The molecular formula is C23H37N5O3. The van der Waals surface area contributed by atoms with Crippen molar-refractivity contribution in [2.45, 2.75) is 70.8 Å². The van der Waals surface area contributed by atoms with Gasteiger partial charge in [0.1, 0.15) is 5.75 Å². The van der Waals surface area contributed by atoms with E-state index in [0.29, 0.717) is 36.0 Å². The maximum Gasteiger partial charge on any atom is 0.407 e. The predicted molar refractivity (Wildman–Crippen MR) is 121 cm³/mol. The molecule has 3 rings (SSSR count). The summed E-state index contributed by atoms with van der Waals surface area (Å²) in [7, 11) is 1.71. The maximum absolute atomic E-state index is 11.9. The lowest BCUT2D eigenvalue weighted by Crippen LogP contribution is -2.33. The lowest BCUT2D eigenvalue weighted by Gasteiger charge is -2.25. The number of rotatable bonds is 9. The van der Waals surface area contributed by atoms with E-state index in [9.17, 15) is 4.79 Å². The van der Waals surface area contributed by atoms with Crippen molar-refractivity contribution in [3.05, 3.63) is 29.2 Å². The van der Waals surface area contributed by atoms with Gasteiger partial charge in [-0.15, -0.1) is 0 Å². The Bertz CT molecular complexity index is 770. The first-order valence-corrected chi connectivity index (χ1v) is 11.5. The zero-order chi connectivity index (χ0) is 22.2. The monoisotopic (exact) mass is 431 g/mol. The van der Waals surface area contributed by atoms with Gasteiger partial charge in [0.05, 0.1) is 35.5 Å². The number of amides is 1. The van der Waals surface area contributed by atoms with E-state index in [1.165, 1.54) is 43.5 Å². The van der Waals surface area contributed by atoms with Crippen LogP contribution in [-0.4, -0.2) is 42.4 Å². The van der Waals surface area contributed by atoms with Crippen LogP contribution >= 0.6 is 0 Å². The van der Waals surface area contributed by atoms with Gasteiger partial charge in [0, 0.05) is 20.0 Å². The average Bonchev–Trinajstić information content (AvgIpc) is 2.71. The quantitative estimate of drug-likeness (QED) is 0.405. The molecule has 0 aromatic carbocycles. The molecular weight excluding hydrogens is 394 g/mol. The standard InChI is InChI=1S/C23H37N5O3/c1-16-21(31-18-9-4-3-5-10-18)12-11-19(27-16)22(24)20(28(2)25)13-14-30-23(29)26-15-17-7-6-8-17/h11-12,17-18H,3-10,13-15,24-25H2,1-2H3,(H,26,29)/b22-20-. The number of aromatic nitrogens is 1. The second-order valence-electron chi connectivity index (χ2n) is 8.69. The smallest absolute Gasteiger partial charge is 0.407 e. The van der Waals surface area contributed by atoms with Gasteiger partial charge in [-0.2, -0.15) is 0 Å². The van der Waals surface area contributed by atoms with Crippen molar-refractivity contribution < 1.29 is 14.3 Å². The first kappa shape index (κ1) is 23.2. The number of hydrogen-bond acceptors (Lipinski definition) is 7. The second kappa shape index (κ2) is 11.2. The molecule has 172 valence electrons. The Kier molecular flexibility index (Phi) is 8.40. The molecule has 1 heterocycles. The second-order valence-corrected chi connectivity index (χ2v) is 8.69. The summed E-state index contributed by atoms with van der Waals surface area (Å²) in [6.45, 7) is 2.80. The largest absolute Gasteiger partial charge is 0.489 e. The van der Waals surface area contributed by atoms with E-state index in [-0.39, 0.29) is 12.7 Å². The van der Waals surface area contributed by atoms with E-state index >= 15 is 0 Å². The highest BCUT2D eigenvalue weighted by Gasteiger charge is 2.19. The molecule has 31 heavy (non-hydrogen) atoms. The van der Waals surface area contributed by atoms with Gasteiger partial charge in [-0.05, 0) is 63.5 Å². The summed E-state index contributed by atoms with van der Waals surface area (Å²) in [5, 5.41) is 4.27. The minimum absolute atomic E-state index is 0.190. The Morgan fingerprint density at radius 2 is 1.94 bits per heavy atom. The molecule has 0 bridgehead atoms. The Hall–Kier alpha value is -2.48. The number of nitrogens with zero attached hydrogens (tertiary/aromatic N) is 2. The molecule has 2 aliphatic rings. The highest BCUT2D eigenvalue weighted by molar-refractivity contribution is 5.67. The third kappa shape index (κ3) is 6.75. The van der Waals surface area contributed by atoms with Gasteiger partial charge in [0.2, 0.25) is 0 Å². The first-order valence-electron chi connectivity index (χ1n) is 11.5. The summed E-state index contributed by atoms with van der Waals surface area (Å²) in [5.41, 5.74) is 8.95. The van der Waals surface area contributed by atoms with Crippen molar-refractivity contribution >= 4 is 11.8 Å². The number of alkyl carbamates (subject to hydrolysis) is 1. The molecule has 2 fully saturated rings. The zero-order valence-corrected chi connectivity index (χ0v) is 18.9. The van der Waals surface area contributed by atoms with E-state index in [4.69, 9.17) is 21.1 Å². The predicted octanol–water partition coefficient (Wildman–Crippen LogP) is 3.45. The minimum Gasteiger partial charge on any atom is -0.489 e. The third-order valence-corrected chi connectivity index (χ3v) is 6.23. The van der Waals surface area contributed by atoms with Crippen LogP contribution in [0.2, 0.25) is 0 Å². The maximum atomic E-state index is 11.9. The Morgan fingerprint density at radius 1 is 1.19 bits per heavy atom. The van der Waals surface area contributed by atoms with E-state index in [1.807, 2.05) is 19.1 Å². The Balaban J connectivity index is 1.57. The number of hydrazine groups is 1. The fraction of sp³-hybridized carbons (Fsp3) is 0.652. The van der Waals surface area contributed by atoms with Crippen LogP contribution < -0.4 is 21.6 Å². The van der Waals surface area contributed by atoms with Crippen molar-refractivity contribution in [1.29, 1.82) is 0 Å². The number of nitrogens with two attached hydrogens (primary N) is 2. The van der Waals surface area contributed by atoms with Crippen LogP contribution in [-0.2, 0) is 4.74 Å². The molecule has 0 radical (unpaired) electrons. The molecule has 2 aliphatic carbocycles. The van der Waals surface area contributed by atoms with Crippen LogP contribution in [0.3, 0.4) is 0 Å². The molecule has 8 heteroatoms. The highest BCUT2D eigenvalue weighted by atomic mass is 16.5. The van der Waals surface area contributed by atoms with Gasteiger partial charge in [0.15, 0.2) is 0 Å². The first-order chi connectivity index (χ1) is 14.9. The number of nitrogens with one attached hydrogen (secondary N) is 1. The minimum atomic E-state index is -0.400. The van der Waals surface area contributed by atoms with Crippen molar-refractivity contribution in [2.75, 3.05) is 20.2 Å². The van der Waals surface area contributed by atoms with Crippen LogP contribution in [0.25, 0.3) is 5.70 Å². The molecule has 0 aliphatic heterocycles. The topological polar surface area (TPSA) is 116 Å². The fourth-order valence-electron chi connectivity index (χ4n) is 4.05. The normalized spacial score (nSPS) is 18.0. The third-order valence-electron chi connectivity index (χ3n) is 6.23. The molecule has 0 spiro atoms. The zero-order valence-electron chi connectivity index (χ0n) is 18.9. The summed E-state index contributed by atoms with van der Waals surface area (Å²) in [5.74, 6) is 7.39. The van der Waals surface area contributed by atoms with Gasteiger partial charge in [-0.25, -0.2) is 15.6 Å². The SMILES string of the molecule is Cc1nc(/C(N)=C(\CCOC(=O)NCC2CCC2)N(C)N)ccc1OC1CCCCC1. The molecule has 1 aromatic heterocycles. The highest BCUT2D eigenvalue weighted by Crippen LogP contribution is 2.27. The van der Waals surface area contributed by atoms with E-state index in [2.05, 4.69) is 10.3 Å². The van der Waals surface area contributed by atoms with Crippen molar-refractivity contribution in [2.24, 2.45) is 17.5 Å². The fourth-order valence-corrected chi connectivity index (χ4v) is 4.05. The van der Waals surface area contributed by atoms with Crippen molar-refractivity contribution in [1.82, 2.24) is 15.3 Å². The van der Waals surface area contributed by atoms with Crippen molar-refractivity contribution in [3.8, 4) is 5.75 Å². The van der Waals surface area contributed by atoms with Crippen molar-refractivity contribution in [3.63, 3.8) is 0 Å². The van der Waals surface area contributed by atoms with Crippen LogP contribution in [0.1, 0.15) is 69.2 Å². The lowest BCUT2D eigenvalue weighted by atomic mass is 9.85. The molecule has 0 saturated heterocycles. The number of carbonyl (C=O) groups is 1. The summed E-state index contributed by atoms with van der Waals surface area (Å²) < 4.78 is 11.4. The molecule has 5 N–H and O–H groups in total. The van der Waals surface area contributed by atoms with E-state index < -0.39 is 6.09 Å². The molecule has 0 atom stereocenters. The molecule has 1 aromatic rings. The van der Waals surface area contributed by atoms with Gasteiger partial charge in [-0.3, -0.25) is 0 Å². The number of aryl methyl sites for hydroxylation is 1. The number of ether oxygens (including phenoxy) is 2. The molecule has 1 amide bonds. The molecule has 8 nitrogen and oxygen atoms in total. The van der Waals surface area contributed by atoms with Gasteiger partial charge >= 0.3 is 6.09 Å². The van der Waals surface area contributed by atoms with E-state index in [1.54, 1.807) is 7.05 Å². The van der Waals surface area contributed by atoms with Gasteiger partial charge in [-0.1, -0.05) is 12.8 Å². The summed E-state index contributed by atoms with van der Waals surface area (Å²) in [6, 6.07) is 3.79. The average molecular weight is 432 g/mol. The number of carbonyl (C=O) groups excluding carboxylic acids is 1.